The number of carbonyl (C=O) groups is 1. The Balaban J connectivity index is 1.99. The molecule has 0 aliphatic carbocycles. The molecule has 106 valence electrons. The molecule has 0 saturated heterocycles. The van der Waals surface area contributed by atoms with E-state index in [2.05, 4.69) is 20.8 Å². The molecule has 1 aromatic carbocycles. The highest BCUT2D eigenvalue weighted by molar-refractivity contribution is 6.32. The maximum atomic E-state index is 11.5. The molecule has 0 spiro atoms. The fourth-order valence-electron chi connectivity index (χ4n) is 1.54. The number of benzene rings is 1. The number of amides is 1. The molecular weight excluding hydrogens is 282 g/mol. The van der Waals surface area contributed by atoms with Crippen LogP contribution in [0.2, 0.25) is 5.02 Å². The van der Waals surface area contributed by atoms with E-state index in [1.54, 1.807) is 12.1 Å². The van der Waals surface area contributed by atoms with E-state index in [0.29, 0.717) is 23.1 Å². The summed E-state index contributed by atoms with van der Waals surface area (Å²) < 4.78 is 6.93. The maximum Gasteiger partial charge on any atom is 0.241 e. The Morgan fingerprint density at radius 3 is 3.00 bits per heavy atom. The number of rotatable bonds is 6. The first-order valence-corrected chi connectivity index (χ1v) is 6.47. The summed E-state index contributed by atoms with van der Waals surface area (Å²) in [5, 5.41) is 14.3. The van der Waals surface area contributed by atoms with Gasteiger partial charge in [0.2, 0.25) is 5.91 Å². The van der Waals surface area contributed by atoms with Gasteiger partial charge in [-0.3, -0.25) is 4.79 Å². The van der Waals surface area contributed by atoms with Crippen LogP contribution in [0.4, 0.5) is 0 Å². The number of hydrogen-bond acceptors (Lipinski definition) is 5. The first-order chi connectivity index (χ1) is 9.70. The monoisotopic (exact) mass is 295 g/mol. The third kappa shape index (κ3) is 3.67. The molecule has 0 aliphatic heterocycles. The van der Waals surface area contributed by atoms with Crippen LogP contribution in [0.25, 0.3) is 0 Å². The van der Waals surface area contributed by atoms with Gasteiger partial charge in [0, 0.05) is 6.54 Å². The van der Waals surface area contributed by atoms with E-state index < -0.39 is 0 Å². The molecule has 1 aromatic heterocycles. The summed E-state index contributed by atoms with van der Waals surface area (Å²) in [6.07, 6.45) is 0. The average Bonchev–Trinajstić information content (AvgIpc) is 2.85. The van der Waals surface area contributed by atoms with Gasteiger partial charge in [-0.25, -0.2) is 4.68 Å². The van der Waals surface area contributed by atoms with Crippen LogP contribution < -0.4 is 10.1 Å². The van der Waals surface area contributed by atoms with Crippen molar-refractivity contribution in [1.82, 2.24) is 25.5 Å². The number of aromatic nitrogens is 4. The Morgan fingerprint density at radius 1 is 1.45 bits per heavy atom. The number of hydrogen-bond donors (Lipinski definition) is 1. The fraction of sp³-hybridized carbons (Fsp3) is 0.333. The van der Waals surface area contributed by atoms with E-state index in [-0.39, 0.29) is 19.1 Å². The van der Waals surface area contributed by atoms with Crippen LogP contribution in [-0.4, -0.2) is 32.7 Å². The average molecular weight is 296 g/mol. The zero-order valence-electron chi connectivity index (χ0n) is 10.9. The van der Waals surface area contributed by atoms with Crippen LogP contribution in [0.1, 0.15) is 12.7 Å². The van der Waals surface area contributed by atoms with Crippen molar-refractivity contribution < 1.29 is 9.53 Å². The first-order valence-electron chi connectivity index (χ1n) is 6.09. The van der Waals surface area contributed by atoms with Crippen LogP contribution in [0, 0.1) is 0 Å². The summed E-state index contributed by atoms with van der Waals surface area (Å²) in [7, 11) is 0. The standard InChI is InChI=1S/C12H14ClN5O2/c1-2-14-12(19)7-18-11(15-16-17-18)8-20-10-6-4-3-5-9(10)13/h3-6H,2,7-8H2,1H3,(H,14,19). The number of para-hydroxylation sites is 1. The zero-order chi connectivity index (χ0) is 14.4. The highest BCUT2D eigenvalue weighted by atomic mass is 35.5. The molecule has 0 aliphatic rings. The van der Waals surface area contributed by atoms with Crippen LogP contribution >= 0.6 is 11.6 Å². The molecule has 0 fully saturated rings. The summed E-state index contributed by atoms with van der Waals surface area (Å²) in [5.41, 5.74) is 0. The van der Waals surface area contributed by atoms with E-state index in [1.165, 1.54) is 4.68 Å². The molecular formula is C12H14ClN5O2. The van der Waals surface area contributed by atoms with Gasteiger partial charge in [-0.05, 0) is 29.5 Å². The van der Waals surface area contributed by atoms with Crippen LogP contribution in [-0.2, 0) is 17.9 Å². The lowest BCUT2D eigenvalue weighted by atomic mass is 10.3. The Morgan fingerprint density at radius 2 is 2.25 bits per heavy atom. The normalized spacial score (nSPS) is 10.3. The molecule has 0 atom stereocenters. The summed E-state index contributed by atoms with van der Waals surface area (Å²) in [4.78, 5) is 11.5. The minimum atomic E-state index is -0.154. The molecule has 1 N–H and O–H groups in total. The van der Waals surface area contributed by atoms with Gasteiger partial charge >= 0.3 is 0 Å². The molecule has 1 heterocycles. The van der Waals surface area contributed by atoms with Crippen molar-refractivity contribution in [2.24, 2.45) is 0 Å². The fourth-order valence-corrected chi connectivity index (χ4v) is 1.73. The number of nitrogens with zero attached hydrogens (tertiary/aromatic N) is 4. The molecule has 0 unspecified atom stereocenters. The number of carbonyl (C=O) groups excluding carboxylic acids is 1. The van der Waals surface area contributed by atoms with Gasteiger partial charge < -0.3 is 10.1 Å². The minimum absolute atomic E-state index is 0.0576. The lowest BCUT2D eigenvalue weighted by molar-refractivity contribution is -0.121. The van der Waals surface area contributed by atoms with Crippen molar-refractivity contribution in [3.63, 3.8) is 0 Å². The van der Waals surface area contributed by atoms with Gasteiger partial charge in [0.05, 0.1) is 5.02 Å². The first kappa shape index (κ1) is 14.3. The summed E-state index contributed by atoms with van der Waals surface area (Å²) in [6.45, 7) is 2.60. The second-order valence-electron chi connectivity index (χ2n) is 3.93. The Bertz CT molecular complexity index is 587. The molecule has 2 rings (SSSR count). The van der Waals surface area contributed by atoms with Gasteiger partial charge in [0.25, 0.3) is 0 Å². The molecule has 20 heavy (non-hydrogen) atoms. The van der Waals surface area contributed by atoms with E-state index in [4.69, 9.17) is 16.3 Å². The van der Waals surface area contributed by atoms with Crippen molar-refractivity contribution >= 4 is 17.5 Å². The minimum Gasteiger partial charge on any atom is -0.484 e. The molecule has 8 heteroatoms. The van der Waals surface area contributed by atoms with E-state index in [0.717, 1.165) is 0 Å². The number of halogens is 1. The topological polar surface area (TPSA) is 81.9 Å². The Kier molecular flexibility index (Phi) is 4.89. The Labute approximate surface area is 120 Å². The molecule has 1 amide bonds. The van der Waals surface area contributed by atoms with Crippen molar-refractivity contribution in [2.45, 2.75) is 20.1 Å². The maximum absolute atomic E-state index is 11.5. The van der Waals surface area contributed by atoms with Gasteiger partial charge in [-0.2, -0.15) is 0 Å². The van der Waals surface area contributed by atoms with Crippen LogP contribution in [0.15, 0.2) is 24.3 Å². The summed E-state index contributed by atoms with van der Waals surface area (Å²) in [5.74, 6) is 0.844. The number of nitrogens with one attached hydrogen (secondary N) is 1. The summed E-state index contributed by atoms with van der Waals surface area (Å²) >= 11 is 5.98. The predicted octanol–water partition coefficient (Wildman–Crippen LogP) is 1.04. The predicted molar refractivity (Wildman–Crippen MR) is 72.3 cm³/mol. The second kappa shape index (κ2) is 6.85. The zero-order valence-corrected chi connectivity index (χ0v) is 11.7. The molecule has 0 bridgehead atoms. The molecule has 7 nitrogen and oxygen atoms in total. The number of ether oxygens (including phenoxy) is 1. The summed E-state index contributed by atoms with van der Waals surface area (Å²) in [6, 6.07) is 7.11. The lowest BCUT2D eigenvalue weighted by Gasteiger charge is -2.08. The van der Waals surface area contributed by atoms with Crippen molar-refractivity contribution in [1.29, 1.82) is 0 Å². The quantitative estimate of drug-likeness (QED) is 0.861. The van der Waals surface area contributed by atoms with Crippen molar-refractivity contribution in [3.8, 4) is 5.75 Å². The number of likely N-dealkylation sites (N-methyl/N-ethyl adjacent to an activating group) is 1. The SMILES string of the molecule is CCNC(=O)Cn1nnnc1COc1ccccc1Cl. The van der Waals surface area contributed by atoms with E-state index >= 15 is 0 Å². The largest absolute Gasteiger partial charge is 0.484 e. The van der Waals surface area contributed by atoms with Gasteiger partial charge in [0.1, 0.15) is 18.9 Å². The second-order valence-corrected chi connectivity index (χ2v) is 4.33. The third-order valence-electron chi connectivity index (χ3n) is 2.47. The van der Waals surface area contributed by atoms with Crippen molar-refractivity contribution in [2.75, 3.05) is 6.54 Å². The highest BCUT2D eigenvalue weighted by Gasteiger charge is 2.11. The van der Waals surface area contributed by atoms with E-state index in [1.807, 2.05) is 19.1 Å². The van der Waals surface area contributed by atoms with Crippen LogP contribution in [0.5, 0.6) is 5.75 Å². The molecule has 0 saturated carbocycles. The smallest absolute Gasteiger partial charge is 0.241 e. The molecule has 0 radical (unpaired) electrons. The highest BCUT2D eigenvalue weighted by Crippen LogP contribution is 2.23. The number of tetrazole rings is 1. The lowest BCUT2D eigenvalue weighted by Crippen LogP contribution is -2.28. The third-order valence-corrected chi connectivity index (χ3v) is 2.78. The van der Waals surface area contributed by atoms with Crippen molar-refractivity contribution in [3.05, 3.63) is 35.1 Å². The van der Waals surface area contributed by atoms with Gasteiger partial charge in [-0.15, -0.1) is 5.10 Å². The Hall–Kier alpha value is -2.15. The molecule has 2 aromatic rings. The van der Waals surface area contributed by atoms with Gasteiger partial charge in [0.15, 0.2) is 5.82 Å². The van der Waals surface area contributed by atoms with Crippen LogP contribution in [0.3, 0.4) is 0 Å². The van der Waals surface area contributed by atoms with E-state index in [9.17, 15) is 4.79 Å². The van der Waals surface area contributed by atoms with Gasteiger partial charge in [-0.1, -0.05) is 23.7 Å².